The van der Waals surface area contributed by atoms with Crippen molar-refractivity contribution >= 4 is 40.8 Å². The van der Waals surface area contributed by atoms with E-state index in [1.807, 2.05) is 12.1 Å². The molecule has 0 aliphatic heterocycles. The van der Waals surface area contributed by atoms with Gasteiger partial charge in [-0.1, -0.05) is 48.3 Å². The van der Waals surface area contributed by atoms with Gasteiger partial charge in [-0.25, -0.2) is 4.79 Å². The maximum atomic E-state index is 11.9. The van der Waals surface area contributed by atoms with Gasteiger partial charge in [-0.05, 0) is 42.7 Å². The Balaban J connectivity index is 1.80. The fraction of sp³-hybridized carbons (Fsp3) is 0.263. The van der Waals surface area contributed by atoms with Crippen LogP contribution in [0.2, 0.25) is 10.0 Å². The molecule has 0 unspecified atom stereocenters. The third kappa shape index (κ3) is 5.64. The zero-order valence-corrected chi connectivity index (χ0v) is 16.0. The van der Waals surface area contributed by atoms with Gasteiger partial charge in [-0.3, -0.25) is 4.79 Å². The van der Waals surface area contributed by atoms with Gasteiger partial charge in [0.15, 0.2) is 13.2 Å². The molecule has 0 fully saturated rings. The van der Waals surface area contributed by atoms with Crippen molar-refractivity contribution < 1.29 is 19.1 Å². The van der Waals surface area contributed by atoms with Crippen molar-refractivity contribution in [2.24, 2.45) is 0 Å². The average molecular weight is 396 g/mol. The molecule has 1 N–H and O–H groups in total. The fourth-order valence-electron chi connectivity index (χ4n) is 2.10. The summed E-state index contributed by atoms with van der Waals surface area (Å²) in [5.41, 5.74) is 2.23. The Hall–Kier alpha value is -2.24. The SMILES string of the molecule is CCc1ccc(OCC(=O)OCC(=O)Nc2c(Cl)ccc(C)c2Cl)cc1. The number of rotatable bonds is 7. The summed E-state index contributed by atoms with van der Waals surface area (Å²) in [6, 6.07) is 10.8. The third-order valence-corrected chi connectivity index (χ3v) is 4.40. The summed E-state index contributed by atoms with van der Waals surface area (Å²) in [4.78, 5) is 23.6. The minimum absolute atomic E-state index is 0.287. The maximum Gasteiger partial charge on any atom is 0.344 e. The van der Waals surface area contributed by atoms with Gasteiger partial charge < -0.3 is 14.8 Å². The lowest BCUT2D eigenvalue weighted by Gasteiger charge is -2.11. The second kappa shape index (κ2) is 9.46. The molecule has 0 bridgehead atoms. The van der Waals surface area contributed by atoms with Crippen LogP contribution in [0, 0.1) is 6.92 Å². The van der Waals surface area contributed by atoms with Crippen molar-refractivity contribution in [1.82, 2.24) is 0 Å². The molecule has 26 heavy (non-hydrogen) atoms. The van der Waals surface area contributed by atoms with Crippen molar-refractivity contribution in [3.8, 4) is 5.75 Å². The first-order valence-corrected chi connectivity index (χ1v) is 8.78. The predicted molar refractivity (Wildman–Crippen MR) is 102 cm³/mol. The fourth-order valence-corrected chi connectivity index (χ4v) is 2.56. The molecule has 0 heterocycles. The van der Waals surface area contributed by atoms with E-state index in [9.17, 15) is 9.59 Å². The number of carbonyl (C=O) groups is 2. The highest BCUT2D eigenvalue weighted by atomic mass is 35.5. The molecule has 0 radical (unpaired) electrons. The maximum absolute atomic E-state index is 11.9. The highest BCUT2D eigenvalue weighted by Gasteiger charge is 2.14. The lowest BCUT2D eigenvalue weighted by molar-refractivity contribution is -0.149. The number of carbonyl (C=O) groups excluding carboxylic acids is 2. The summed E-state index contributed by atoms with van der Waals surface area (Å²) in [5, 5.41) is 3.19. The number of hydrogen-bond acceptors (Lipinski definition) is 4. The molecule has 0 saturated carbocycles. The second-order valence-electron chi connectivity index (χ2n) is 5.55. The normalized spacial score (nSPS) is 10.3. The minimum Gasteiger partial charge on any atom is -0.482 e. The molecule has 5 nitrogen and oxygen atoms in total. The molecule has 1 amide bonds. The van der Waals surface area contributed by atoms with Gasteiger partial charge in [0, 0.05) is 0 Å². The van der Waals surface area contributed by atoms with E-state index in [-0.39, 0.29) is 6.61 Å². The van der Waals surface area contributed by atoms with E-state index in [0.29, 0.717) is 21.5 Å². The van der Waals surface area contributed by atoms with E-state index >= 15 is 0 Å². The molecular formula is C19H19Cl2NO4. The van der Waals surface area contributed by atoms with Crippen LogP contribution in [0.3, 0.4) is 0 Å². The number of ether oxygens (including phenoxy) is 2. The number of hydrogen-bond donors (Lipinski definition) is 1. The van der Waals surface area contributed by atoms with Crippen LogP contribution in [0.25, 0.3) is 0 Å². The van der Waals surface area contributed by atoms with E-state index in [1.54, 1.807) is 31.2 Å². The zero-order valence-electron chi connectivity index (χ0n) is 14.5. The van der Waals surface area contributed by atoms with Crippen LogP contribution in [-0.2, 0) is 20.7 Å². The first kappa shape index (κ1) is 20.1. The molecule has 138 valence electrons. The molecule has 0 aliphatic carbocycles. The average Bonchev–Trinajstić information content (AvgIpc) is 2.65. The second-order valence-corrected chi connectivity index (χ2v) is 6.33. The number of anilines is 1. The Labute approximate surface area is 162 Å². The van der Waals surface area contributed by atoms with Crippen LogP contribution in [0.1, 0.15) is 18.1 Å². The van der Waals surface area contributed by atoms with Crippen LogP contribution in [0.15, 0.2) is 36.4 Å². The van der Waals surface area contributed by atoms with E-state index in [0.717, 1.165) is 12.0 Å². The Kier molecular flexibility index (Phi) is 7.30. The largest absolute Gasteiger partial charge is 0.482 e. The van der Waals surface area contributed by atoms with Crippen LogP contribution in [0.5, 0.6) is 5.75 Å². The van der Waals surface area contributed by atoms with Gasteiger partial charge in [0.2, 0.25) is 0 Å². The zero-order chi connectivity index (χ0) is 19.1. The van der Waals surface area contributed by atoms with Crippen molar-refractivity contribution in [2.75, 3.05) is 18.5 Å². The van der Waals surface area contributed by atoms with E-state index in [1.165, 1.54) is 5.56 Å². The Morgan fingerprint density at radius 3 is 2.38 bits per heavy atom. The number of halogens is 2. The van der Waals surface area contributed by atoms with E-state index in [4.69, 9.17) is 32.7 Å². The lowest BCUT2D eigenvalue weighted by atomic mass is 10.2. The molecule has 0 aliphatic rings. The van der Waals surface area contributed by atoms with Crippen LogP contribution < -0.4 is 10.1 Å². The molecule has 2 aromatic carbocycles. The summed E-state index contributed by atoms with van der Waals surface area (Å²) in [5.74, 6) is -0.636. The smallest absolute Gasteiger partial charge is 0.344 e. The van der Waals surface area contributed by atoms with Gasteiger partial charge in [0.1, 0.15) is 5.75 Å². The molecule has 2 aromatic rings. The number of benzene rings is 2. The number of esters is 1. The Bertz CT molecular complexity index is 791. The van der Waals surface area contributed by atoms with Crippen molar-refractivity contribution in [3.63, 3.8) is 0 Å². The van der Waals surface area contributed by atoms with Crippen LogP contribution >= 0.6 is 23.2 Å². The molecule has 0 saturated heterocycles. The topological polar surface area (TPSA) is 64.6 Å². The van der Waals surface area contributed by atoms with Crippen LogP contribution in [-0.4, -0.2) is 25.1 Å². The van der Waals surface area contributed by atoms with Gasteiger partial charge >= 0.3 is 5.97 Å². The van der Waals surface area contributed by atoms with Crippen LogP contribution in [0.4, 0.5) is 5.69 Å². The predicted octanol–water partition coefficient (Wildman–Crippen LogP) is 4.42. The molecule has 0 atom stereocenters. The molecule has 0 spiro atoms. The number of aryl methyl sites for hydroxylation is 2. The number of nitrogens with one attached hydrogen (secondary N) is 1. The van der Waals surface area contributed by atoms with Crippen molar-refractivity contribution in [3.05, 3.63) is 57.6 Å². The summed E-state index contributed by atoms with van der Waals surface area (Å²) in [6.07, 6.45) is 0.923. The first-order valence-electron chi connectivity index (χ1n) is 8.02. The summed E-state index contributed by atoms with van der Waals surface area (Å²) in [7, 11) is 0. The van der Waals surface area contributed by atoms with E-state index in [2.05, 4.69) is 12.2 Å². The van der Waals surface area contributed by atoms with Crippen molar-refractivity contribution in [2.45, 2.75) is 20.3 Å². The third-order valence-electron chi connectivity index (χ3n) is 3.60. The number of amides is 1. The van der Waals surface area contributed by atoms with Gasteiger partial charge in [-0.2, -0.15) is 0 Å². The summed E-state index contributed by atoms with van der Waals surface area (Å²) < 4.78 is 10.2. The Morgan fingerprint density at radius 1 is 1.04 bits per heavy atom. The lowest BCUT2D eigenvalue weighted by Crippen LogP contribution is -2.24. The minimum atomic E-state index is -0.652. The quantitative estimate of drug-likeness (QED) is 0.704. The van der Waals surface area contributed by atoms with Gasteiger partial charge in [-0.15, -0.1) is 0 Å². The van der Waals surface area contributed by atoms with Crippen molar-refractivity contribution in [1.29, 1.82) is 0 Å². The highest BCUT2D eigenvalue weighted by molar-refractivity contribution is 6.40. The van der Waals surface area contributed by atoms with E-state index < -0.39 is 18.5 Å². The molecule has 0 aromatic heterocycles. The standard InChI is InChI=1S/C19H19Cl2NO4/c1-3-13-5-7-14(8-6-13)25-11-17(24)26-10-16(23)22-19-15(20)9-4-12(2)18(19)21/h4-9H,3,10-11H2,1-2H3,(H,22,23). The summed E-state index contributed by atoms with van der Waals surface area (Å²) in [6.45, 7) is 3.09. The van der Waals surface area contributed by atoms with Gasteiger partial charge in [0.05, 0.1) is 15.7 Å². The molecule has 7 heteroatoms. The first-order chi connectivity index (χ1) is 12.4. The van der Waals surface area contributed by atoms with Gasteiger partial charge in [0.25, 0.3) is 5.91 Å². The highest BCUT2D eigenvalue weighted by Crippen LogP contribution is 2.32. The summed E-state index contributed by atoms with van der Waals surface area (Å²) >= 11 is 12.1. The Morgan fingerprint density at radius 2 is 1.73 bits per heavy atom. The molecular weight excluding hydrogens is 377 g/mol. The molecule has 2 rings (SSSR count). The monoisotopic (exact) mass is 395 g/mol.